The Morgan fingerprint density at radius 2 is 2.09 bits per heavy atom. The van der Waals surface area contributed by atoms with Gasteiger partial charge in [0.25, 0.3) is 5.69 Å². The van der Waals surface area contributed by atoms with Crippen LogP contribution in [0.5, 0.6) is 0 Å². The average Bonchev–Trinajstić information content (AvgIpc) is 2.96. The van der Waals surface area contributed by atoms with Gasteiger partial charge in [0.05, 0.1) is 29.0 Å². The Morgan fingerprint density at radius 1 is 1.26 bits per heavy atom. The molecule has 0 bridgehead atoms. The molecule has 1 saturated carbocycles. The number of non-ortho nitro benzene ring substituents is 1. The van der Waals surface area contributed by atoms with Gasteiger partial charge in [-0.2, -0.15) is 0 Å². The number of likely N-dealkylation sites (tertiary alicyclic amines) is 1. The number of H-pyrrole nitrogens is 1. The van der Waals surface area contributed by atoms with Gasteiger partial charge >= 0.3 is 0 Å². The number of fused-ring (bicyclic) bond motifs is 2. The molecule has 3 atom stereocenters. The number of hydrogen-bond acceptors (Lipinski definition) is 3. The summed E-state index contributed by atoms with van der Waals surface area (Å²) in [5.74, 6) is 2.79. The van der Waals surface area contributed by atoms with Gasteiger partial charge in [0.2, 0.25) is 0 Å². The van der Waals surface area contributed by atoms with E-state index in [1.807, 2.05) is 0 Å². The standard InChI is InChI=1S/C17H22N4O2/c22-21(23)14-5-6-15-16(9-14)19-17(18-15)11-20-8-7-12-3-1-2-4-13(12)10-20/h5-6,9,12-13H,1-4,7-8,10-11H2,(H,18,19)/p+1/t12-,13+/m0/s1. The number of hydrogen-bond donors (Lipinski definition) is 2. The fraction of sp³-hybridized carbons (Fsp3) is 0.588. The highest BCUT2D eigenvalue weighted by Gasteiger charge is 2.33. The van der Waals surface area contributed by atoms with Gasteiger partial charge in [-0.05, 0) is 31.2 Å². The molecule has 2 fully saturated rings. The lowest BCUT2D eigenvalue weighted by Gasteiger charge is -2.38. The summed E-state index contributed by atoms with van der Waals surface area (Å²) in [6, 6.07) is 4.83. The number of nitrogens with one attached hydrogen (secondary N) is 2. The SMILES string of the molecule is O=[N+]([O-])c1ccc2nc(C[NH+]3CC[C@@H]4CCCC[C@@H]4C3)[nH]c2c1. The summed E-state index contributed by atoms with van der Waals surface area (Å²) in [5, 5.41) is 10.9. The number of aromatic nitrogens is 2. The second kappa shape index (κ2) is 5.92. The van der Waals surface area contributed by atoms with Crippen LogP contribution in [0, 0.1) is 22.0 Å². The summed E-state index contributed by atoms with van der Waals surface area (Å²) in [4.78, 5) is 20.0. The van der Waals surface area contributed by atoms with Gasteiger partial charge in [-0.1, -0.05) is 12.8 Å². The van der Waals surface area contributed by atoms with Crippen molar-refractivity contribution in [2.24, 2.45) is 11.8 Å². The summed E-state index contributed by atoms with van der Waals surface area (Å²) in [5.41, 5.74) is 1.70. The number of nitro benzene ring substituents is 1. The number of quaternary nitrogens is 1. The number of piperidine rings is 1. The maximum absolute atomic E-state index is 10.9. The molecule has 4 rings (SSSR count). The maximum Gasteiger partial charge on any atom is 0.271 e. The molecular formula is C17H23N4O2+. The van der Waals surface area contributed by atoms with E-state index in [9.17, 15) is 10.1 Å². The van der Waals surface area contributed by atoms with E-state index >= 15 is 0 Å². The molecule has 2 aliphatic rings. The van der Waals surface area contributed by atoms with Crippen molar-refractivity contribution in [2.75, 3.05) is 13.1 Å². The van der Waals surface area contributed by atoms with Crippen molar-refractivity contribution in [1.29, 1.82) is 0 Å². The quantitative estimate of drug-likeness (QED) is 0.672. The number of aromatic amines is 1. The normalized spacial score (nSPS) is 27.7. The van der Waals surface area contributed by atoms with Gasteiger partial charge in [-0.15, -0.1) is 0 Å². The van der Waals surface area contributed by atoms with Gasteiger partial charge in [0, 0.05) is 18.1 Å². The highest BCUT2D eigenvalue weighted by atomic mass is 16.6. The Labute approximate surface area is 135 Å². The summed E-state index contributed by atoms with van der Waals surface area (Å²) >= 11 is 0. The fourth-order valence-electron chi connectivity index (χ4n) is 4.44. The Balaban J connectivity index is 1.48. The third-order valence-electron chi connectivity index (χ3n) is 5.63. The lowest BCUT2D eigenvalue weighted by molar-refractivity contribution is -0.924. The summed E-state index contributed by atoms with van der Waals surface area (Å²) in [7, 11) is 0. The largest absolute Gasteiger partial charge is 0.337 e. The molecule has 1 aromatic carbocycles. The summed E-state index contributed by atoms with van der Waals surface area (Å²) in [6.45, 7) is 3.37. The monoisotopic (exact) mass is 315 g/mol. The van der Waals surface area contributed by atoms with Gasteiger partial charge < -0.3 is 9.88 Å². The highest BCUT2D eigenvalue weighted by molar-refractivity contribution is 5.77. The lowest BCUT2D eigenvalue weighted by atomic mass is 9.75. The molecule has 1 unspecified atom stereocenters. The average molecular weight is 315 g/mol. The molecule has 1 aliphatic heterocycles. The van der Waals surface area contributed by atoms with E-state index in [0.717, 1.165) is 35.2 Å². The summed E-state index contributed by atoms with van der Waals surface area (Å²) < 4.78 is 0. The topological polar surface area (TPSA) is 76.3 Å². The zero-order chi connectivity index (χ0) is 15.8. The number of nitrogens with zero attached hydrogens (tertiary/aromatic N) is 2. The van der Waals surface area contributed by atoms with Crippen LogP contribution in [-0.2, 0) is 6.54 Å². The minimum absolute atomic E-state index is 0.114. The lowest BCUT2D eigenvalue weighted by Crippen LogP contribution is -3.12. The van der Waals surface area contributed by atoms with Crippen molar-refractivity contribution in [1.82, 2.24) is 9.97 Å². The van der Waals surface area contributed by atoms with Crippen LogP contribution >= 0.6 is 0 Å². The highest BCUT2D eigenvalue weighted by Crippen LogP contribution is 2.32. The first kappa shape index (κ1) is 14.6. The van der Waals surface area contributed by atoms with E-state index in [0.29, 0.717) is 0 Å². The van der Waals surface area contributed by atoms with Crippen LogP contribution in [0.15, 0.2) is 18.2 Å². The van der Waals surface area contributed by atoms with Crippen LogP contribution in [0.1, 0.15) is 37.9 Å². The second-order valence-corrected chi connectivity index (χ2v) is 7.12. The molecule has 6 nitrogen and oxygen atoms in total. The molecule has 2 N–H and O–H groups in total. The third-order valence-corrected chi connectivity index (χ3v) is 5.63. The van der Waals surface area contributed by atoms with Crippen molar-refractivity contribution in [2.45, 2.75) is 38.6 Å². The van der Waals surface area contributed by atoms with Gasteiger partial charge in [-0.25, -0.2) is 4.98 Å². The van der Waals surface area contributed by atoms with E-state index in [2.05, 4.69) is 9.97 Å². The first-order valence-electron chi connectivity index (χ1n) is 8.65. The number of benzene rings is 1. The summed E-state index contributed by atoms with van der Waals surface area (Å²) in [6.07, 6.45) is 6.96. The first-order chi connectivity index (χ1) is 11.2. The van der Waals surface area contributed by atoms with Crippen LogP contribution in [-0.4, -0.2) is 28.0 Å². The molecule has 0 spiro atoms. The molecule has 1 aromatic heterocycles. The molecule has 1 aliphatic carbocycles. The van der Waals surface area contributed by atoms with Gasteiger partial charge in [0.1, 0.15) is 6.54 Å². The predicted octanol–water partition coefficient (Wildman–Crippen LogP) is 2.07. The number of nitro groups is 1. The van der Waals surface area contributed by atoms with Crippen molar-refractivity contribution in [3.8, 4) is 0 Å². The van der Waals surface area contributed by atoms with Crippen molar-refractivity contribution < 1.29 is 9.82 Å². The number of imidazole rings is 1. The molecule has 122 valence electrons. The van der Waals surface area contributed by atoms with E-state index in [-0.39, 0.29) is 10.6 Å². The van der Waals surface area contributed by atoms with E-state index in [1.165, 1.54) is 51.3 Å². The molecule has 23 heavy (non-hydrogen) atoms. The Bertz CT molecular complexity index is 726. The fourth-order valence-corrected chi connectivity index (χ4v) is 4.44. The number of rotatable bonds is 3. The predicted molar refractivity (Wildman–Crippen MR) is 87.2 cm³/mol. The van der Waals surface area contributed by atoms with Crippen LogP contribution in [0.4, 0.5) is 5.69 Å². The molecule has 0 amide bonds. The van der Waals surface area contributed by atoms with E-state index < -0.39 is 0 Å². The van der Waals surface area contributed by atoms with Crippen molar-refractivity contribution >= 4 is 16.7 Å². The molecule has 6 heteroatoms. The van der Waals surface area contributed by atoms with Crippen LogP contribution in [0.2, 0.25) is 0 Å². The van der Waals surface area contributed by atoms with Gasteiger partial charge in [0.15, 0.2) is 5.82 Å². The minimum atomic E-state index is -0.362. The Kier molecular flexibility index (Phi) is 3.77. The van der Waals surface area contributed by atoms with Crippen LogP contribution in [0.25, 0.3) is 11.0 Å². The molecule has 1 saturated heterocycles. The van der Waals surface area contributed by atoms with Crippen molar-refractivity contribution in [3.63, 3.8) is 0 Å². The zero-order valence-electron chi connectivity index (χ0n) is 13.3. The first-order valence-corrected chi connectivity index (χ1v) is 8.65. The smallest absolute Gasteiger partial charge is 0.271 e. The molecule has 2 aromatic rings. The van der Waals surface area contributed by atoms with Crippen LogP contribution < -0.4 is 4.90 Å². The Morgan fingerprint density at radius 3 is 2.91 bits per heavy atom. The molecule has 2 heterocycles. The second-order valence-electron chi connectivity index (χ2n) is 7.12. The third kappa shape index (κ3) is 2.95. The van der Waals surface area contributed by atoms with Gasteiger partial charge in [-0.3, -0.25) is 10.1 Å². The minimum Gasteiger partial charge on any atom is -0.337 e. The zero-order valence-corrected chi connectivity index (χ0v) is 13.3. The van der Waals surface area contributed by atoms with E-state index in [1.54, 1.807) is 17.0 Å². The van der Waals surface area contributed by atoms with Crippen LogP contribution in [0.3, 0.4) is 0 Å². The van der Waals surface area contributed by atoms with Crippen molar-refractivity contribution in [3.05, 3.63) is 34.1 Å². The maximum atomic E-state index is 10.9. The molecular weight excluding hydrogens is 292 g/mol. The molecule has 0 radical (unpaired) electrons. The Hall–Kier alpha value is -1.95. The van der Waals surface area contributed by atoms with E-state index in [4.69, 9.17) is 0 Å².